The third-order valence-electron chi connectivity index (χ3n) is 5.02. The highest BCUT2D eigenvalue weighted by atomic mass is 16.2. The summed E-state index contributed by atoms with van der Waals surface area (Å²) < 4.78 is 2.13. The van der Waals surface area contributed by atoms with E-state index >= 15 is 0 Å². The summed E-state index contributed by atoms with van der Waals surface area (Å²) in [5, 5.41) is 7.77. The van der Waals surface area contributed by atoms with Crippen LogP contribution in [0.25, 0.3) is 5.69 Å². The first-order chi connectivity index (χ1) is 12.3. The van der Waals surface area contributed by atoms with E-state index < -0.39 is 11.6 Å². The van der Waals surface area contributed by atoms with Gasteiger partial charge in [0.25, 0.3) is 5.91 Å². The van der Waals surface area contributed by atoms with Crippen LogP contribution in [-0.4, -0.2) is 33.3 Å². The van der Waals surface area contributed by atoms with Crippen LogP contribution >= 0.6 is 0 Å². The zero-order valence-corrected chi connectivity index (χ0v) is 15.8. The third-order valence-corrected chi connectivity index (χ3v) is 5.02. The molecule has 0 spiro atoms. The number of hydrogen-bond donors (Lipinski definition) is 1. The van der Waals surface area contributed by atoms with Crippen molar-refractivity contribution in [3.05, 3.63) is 52.8 Å². The number of rotatable bonds is 4. The second-order valence-corrected chi connectivity index (χ2v) is 6.97. The van der Waals surface area contributed by atoms with Gasteiger partial charge in [0.2, 0.25) is 0 Å². The molecule has 6 heteroatoms. The van der Waals surface area contributed by atoms with Crippen molar-refractivity contribution in [1.29, 1.82) is 0 Å². The molecule has 1 aliphatic heterocycles. The lowest BCUT2D eigenvalue weighted by atomic mass is 10.00. The average molecular weight is 352 g/mol. The molecule has 3 rings (SSSR count). The van der Waals surface area contributed by atoms with E-state index in [1.54, 1.807) is 13.1 Å². The Kier molecular flexibility index (Phi) is 4.44. The topological polar surface area (TPSA) is 66.7 Å². The van der Waals surface area contributed by atoms with Gasteiger partial charge in [-0.15, -0.1) is 5.01 Å². The molecule has 26 heavy (non-hydrogen) atoms. The number of aromatic nitrogens is 1. The first kappa shape index (κ1) is 17.9. The number of aryl methyl sites for hydroxylation is 2. The second-order valence-electron chi connectivity index (χ2n) is 6.97. The van der Waals surface area contributed by atoms with Crippen LogP contribution in [0.3, 0.4) is 0 Å². The van der Waals surface area contributed by atoms with Gasteiger partial charge in [0.05, 0.1) is 6.21 Å². The van der Waals surface area contributed by atoms with Crippen molar-refractivity contribution in [3.8, 4) is 5.69 Å². The molecule has 6 nitrogen and oxygen atoms in total. The fourth-order valence-corrected chi connectivity index (χ4v) is 3.14. The minimum absolute atomic E-state index is 0.325. The van der Waals surface area contributed by atoms with E-state index in [0.717, 1.165) is 27.6 Å². The number of nitrogens with zero attached hydrogens (tertiary/aromatic N) is 3. The Balaban J connectivity index is 1.91. The van der Waals surface area contributed by atoms with E-state index in [1.165, 1.54) is 5.56 Å². The van der Waals surface area contributed by atoms with Gasteiger partial charge in [-0.2, -0.15) is 5.10 Å². The number of hydrazone groups is 1. The predicted octanol–water partition coefficient (Wildman–Crippen LogP) is 3.46. The smallest absolute Gasteiger partial charge is 0.322 e. The maximum absolute atomic E-state index is 12.4. The largest absolute Gasteiger partial charge is 0.346 e. The Bertz CT molecular complexity index is 895. The molecule has 1 atom stereocenters. The molecule has 1 N–H and O–H groups in total. The Morgan fingerprint density at radius 3 is 2.38 bits per heavy atom. The number of nitrogens with one attached hydrogen (secondary N) is 1. The van der Waals surface area contributed by atoms with Gasteiger partial charge in [0, 0.05) is 22.6 Å². The van der Waals surface area contributed by atoms with E-state index in [0.29, 0.717) is 6.42 Å². The molecule has 1 unspecified atom stereocenters. The molecule has 136 valence electrons. The van der Waals surface area contributed by atoms with Crippen molar-refractivity contribution >= 4 is 18.2 Å². The molecular weight excluding hydrogens is 328 g/mol. The molecule has 0 bridgehead atoms. The molecule has 2 aromatic rings. The highest BCUT2D eigenvalue weighted by Gasteiger charge is 2.46. The van der Waals surface area contributed by atoms with Crippen molar-refractivity contribution in [3.63, 3.8) is 0 Å². The van der Waals surface area contributed by atoms with Crippen LogP contribution in [0.4, 0.5) is 4.79 Å². The van der Waals surface area contributed by atoms with Crippen LogP contribution in [0.2, 0.25) is 0 Å². The summed E-state index contributed by atoms with van der Waals surface area (Å²) in [6, 6.07) is 9.79. The van der Waals surface area contributed by atoms with Gasteiger partial charge in [-0.25, -0.2) is 4.79 Å². The Hall–Kier alpha value is -2.89. The van der Waals surface area contributed by atoms with Gasteiger partial charge in [-0.05, 0) is 52.3 Å². The van der Waals surface area contributed by atoms with E-state index in [2.05, 4.69) is 46.2 Å². The number of amides is 3. The highest BCUT2D eigenvalue weighted by Crippen LogP contribution is 2.23. The third kappa shape index (κ3) is 2.92. The van der Waals surface area contributed by atoms with E-state index in [4.69, 9.17) is 0 Å². The quantitative estimate of drug-likeness (QED) is 0.676. The summed E-state index contributed by atoms with van der Waals surface area (Å²) in [5.74, 6) is -0.325. The normalized spacial score (nSPS) is 20.3. The fraction of sp³-hybridized carbons (Fsp3) is 0.350. The molecule has 1 aromatic heterocycles. The average Bonchev–Trinajstić information content (AvgIpc) is 3.00. The zero-order chi connectivity index (χ0) is 19.1. The van der Waals surface area contributed by atoms with Gasteiger partial charge < -0.3 is 9.88 Å². The van der Waals surface area contributed by atoms with Gasteiger partial charge in [-0.1, -0.05) is 24.6 Å². The number of carbonyl (C=O) groups is 2. The van der Waals surface area contributed by atoms with Gasteiger partial charge in [0.15, 0.2) is 0 Å². The lowest BCUT2D eigenvalue weighted by Crippen LogP contribution is -2.42. The fourth-order valence-electron chi connectivity index (χ4n) is 3.14. The lowest BCUT2D eigenvalue weighted by molar-refractivity contribution is -0.130. The Morgan fingerprint density at radius 1 is 1.15 bits per heavy atom. The molecule has 0 radical (unpaired) electrons. The number of hydrogen-bond acceptors (Lipinski definition) is 3. The molecule has 0 saturated carbocycles. The first-order valence-electron chi connectivity index (χ1n) is 8.73. The van der Waals surface area contributed by atoms with Crippen LogP contribution in [0.5, 0.6) is 0 Å². The number of benzene rings is 1. The van der Waals surface area contributed by atoms with Crippen LogP contribution in [0.1, 0.15) is 42.8 Å². The standard InChI is InChI=1S/C20H24N4O2/c1-6-20(5)18(25)24(19(26)22-20)21-12-16-11-14(3)23(15(16)4)17-9-7-13(2)8-10-17/h7-12H,6H2,1-5H3,(H,22,26)/b21-12+. The SMILES string of the molecule is CCC1(C)NC(=O)N(/N=C/c2cc(C)n(-c3ccc(C)cc3)c2C)C1=O. The number of imide groups is 1. The lowest BCUT2D eigenvalue weighted by Gasteiger charge is -2.17. The summed E-state index contributed by atoms with van der Waals surface area (Å²) in [6.45, 7) is 9.65. The minimum atomic E-state index is -0.882. The first-order valence-corrected chi connectivity index (χ1v) is 8.73. The molecular formula is C20H24N4O2. The van der Waals surface area contributed by atoms with Crippen LogP contribution in [0, 0.1) is 20.8 Å². The van der Waals surface area contributed by atoms with Crippen molar-refractivity contribution in [2.45, 2.75) is 46.6 Å². The molecule has 1 fully saturated rings. The van der Waals surface area contributed by atoms with Crippen LogP contribution in [0.15, 0.2) is 35.4 Å². The van der Waals surface area contributed by atoms with Gasteiger partial charge in [-0.3, -0.25) is 4.79 Å². The molecule has 1 saturated heterocycles. The highest BCUT2D eigenvalue weighted by molar-refractivity contribution is 6.07. The molecule has 1 aromatic carbocycles. The monoisotopic (exact) mass is 352 g/mol. The Morgan fingerprint density at radius 2 is 1.81 bits per heavy atom. The number of urea groups is 1. The maximum Gasteiger partial charge on any atom is 0.346 e. The number of carbonyl (C=O) groups excluding carboxylic acids is 2. The molecule has 3 amide bonds. The van der Waals surface area contributed by atoms with E-state index in [-0.39, 0.29) is 5.91 Å². The van der Waals surface area contributed by atoms with Crippen molar-refractivity contribution < 1.29 is 9.59 Å². The second kappa shape index (κ2) is 6.44. The van der Waals surface area contributed by atoms with Crippen molar-refractivity contribution in [1.82, 2.24) is 14.9 Å². The van der Waals surface area contributed by atoms with Crippen molar-refractivity contribution in [2.24, 2.45) is 5.10 Å². The maximum atomic E-state index is 12.4. The van der Waals surface area contributed by atoms with Crippen LogP contribution in [-0.2, 0) is 4.79 Å². The summed E-state index contributed by atoms with van der Waals surface area (Å²) in [4.78, 5) is 24.5. The van der Waals surface area contributed by atoms with Gasteiger partial charge >= 0.3 is 6.03 Å². The zero-order valence-electron chi connectivity index (χ0n) is 15.8. The predicted molar refractivity (Wildman–Crippen MR) is 102 cm³/mol. The summed E-state index contributed by atoms with van der Waals surface area (Å²) in [5.41, 5.74) is 4.32. The van der Waals surface area contributed by atoms with E-state index in [1.807, 2.05) is 26.8 Å². The molecule has 2 heterocycles. The van der Waals surface area contributed by atoms with Crippen LogP contribution < -0.4 is 5.32 Å². The summed E-state index contributed by atoms with van der Waals surface area (Å²) in [6.07, 6.45) is 2.09. The Labute approximate surface area is 153 Å². The molecule has 0 aliphatic carbocycles. The van der Waals surface area contributed by atoms with Gasteiger partial charge in [0.1, 0.15) is 5.54 Å². The summed E-state index contributed by atoms with van der Waals surface area (Å²) >= 11 is 0. The van der Waals surface area contributed by atoms with E-state index in [9.17, 15) is 9.59 Å². The molecule has 1 aliphatic rings. The minimum Gasteiger partial charge on any atom is -0.322 e. The summed E-state index contributed by atoms with van der Waals surface area (Å²) in [7, 11) is 0. The van der Waals surface area contributed by atoms with Crippen molar-refractivity contribution in [2.75, 3.05) is 0 Å².